The predicted octanol–water partition coefficient (Wildman–Crippen LogP) is 1.14. The molecule has 1 aromatic rings. The van der Waals surface area contributed by atoms with Crippen molar-refractivity contribution in [1.82, 2.24) is 4.57 Å². The molecule has 0 aromatic carbocycles. The summed E-state index contributed by atoms with van der Waals surface area (Å²) in [6.45, 7) is 5.84. The Hall–Kier alpha value is -1.76. The minimum Gasteiger partial charge on any atom is -0.385 e. The van der Waals surface area contributed by atoms with Crippen LogP contribution in [0.15, 0.2) is 10.9 Å². The van der Waals surface area contributed by atoms with Crippen molar-refractivity contribution in [2.24, 2.45) is 7.05 Å². The fourth-order valence-corrected chi connectivity index (χ4v) is 1.42. The van der Waals surface area contributed by atoms with Gasteiger partial charge >= 0.3 is 0 Å². The van der Waals surface area contributed by atoms with E-state index in [1.54, 1.807) is 13.1 Å². The first-order valence-electron chi connectivity index (χ1n) is 4.69. The Morgan fingerprint density at radius 2 is 2.00 bits per heavy atom. The van der Waals surface area contributed by atoms with Gasteiger partial charge < -0.3 is 5.73 Å². The highest BCUT2D eigenvalue weighted by atomic mass is 16.1. The average molecular weight is 205 g/mol. The first kappa shape index (κ1) is 11.3. The van der Waals surface area contributed by atoms with Gasteiger partial charge in [-0.25, -0.2) is 0 Å². The van der Waals surface area contributed by atoms with Gasteiger partial charge in [0.2, 0.25) is 0 Å². The first-order valence-corrected chi connectivity index (χ1v) is 4.69. The lowest BCUT2D eigenvalue weighted by molar-refractivity contribution is 0.584. The summed E-state index contributed by atoms with van der Waals surface area (Å²) in [6, 6.07) is 3.64. The van der Waals surface area contributed by atoms with Gasteiger partial charge in [-0.05, 0) is 17.0 Å². The molecule has 0 aliphatic carbocycles. The molecule has 0 bridgehead atoms. The number of aromatic nitrogens is 1. The lowest BCUT2D eigenvalue weighted by Crippen LogP contribution is -2.27. The van der Waals surface area contributed by atoms with E-state index in [0.717, 1.165) is 0 Å². The van der Waals surface area contributed by atoms with Crippen molar-refractivity contribution in [3.05, 3.63) is 27.5 Å². The second-order valence-corrected chi connectivity index (χ2v) is 4.58. The van der Waals surface area contributed by atoms with Crippen molar-refractivity contribution in [1.29, 1.82) is 5.26 Å². The highest BCUT2D eigenvalue weighted by Crippen LogP contribution is 2.25. The van der Waals surface area contributed by atoms with Crippen molar-refractivity contribution >= 4 is 5.82 Å². The molecule has 80 valence electrons. The maximum atomic E-state index is 11.7. The zero-order chi connectivity index (χ0) is 11.8. The van der Waals surface area contributed by atoms with E-state index in [4.69, 9.17) is 11.0 Å². The smallest absolute Gasteiger partial charge is 0.270 e. The molecule has 0 unspecified atom stereocenters. The number of pyridine rings is 1. The summed E-state index contributed by atoms with van der Waals surface area (Å²) >= 11 is 0. The number of anilines is 1. The summed E-state index contributed by atoms with van der Waals surface area (Å²) < 4.78 is 1.29. The van der Waals surface area contributed by atoms with Gasteiger partial charge in [0, 0.05) is 7.05 Å². The Morgan fingerprint density at radius 3 is 2.40 bits per heavy atom. The second-order valence-electron chi connectivity index (χ2n) is 4.58. The normalized spacial score (nSPS) is 11.1. The van der Waals surface area contributed by atoms with Gasteiger partial charge in [0.05, 0.1) is 0 Å². The molecule has 0 atom stereocenters. The molecule has 4 heteroatoms. The lowest BCUT2D eigenvalue weighted by Gasteiger charge is -2.21. The SMILES string of the molecule is Cn1c(N)cc(C(C)(C)C)c(C#N)c1=O. The fraction of sp³-hybridized carbons (Fsp3) is 0.455. The van der Waals surface area contributed by atoms with E-state index in [9.17, 15) is 4.79 Å². The Morgan fingerprint density at radius 1 is 1.47 bits per heavy atom. The van der Waals surface area contributed by atoms with Gasteiger partial charge in [-0.3, -0.25) is 9.36 Å². The number of nitrogens with zero attached hydrogens (tertiary/aromatic N) is 2. The Bertz CT molecular complexity index is 486. The van der Waals surface area contributed by atoms with E-state index in [1.807, 2.05) is 26.8 Å². The molecule has 0 amide bonds. The number of nitriles is 1. The van der Waals surface area contributed by atoms with E-state index >= 15 is 0 Å². The third kappa shape index (κ3) is 1.86. The molecule has 15 heavy (non-hydrogen) atoms. The average Bonchev–Trinajstić information content (AvgIpc) is 2.12. The quantitative estimate of drug-likeness (QED) is 0.690. The van der Waals surface area contributed by atoms with E-state index < -0.39 is 0 Å². The van der Waals surface area contributed by atoms with E-state index in [2.05, 4.69) is 0 Å². The molecule has 0 radical (unpaired) electrons. The van der Waals surface area contributed by atoms with Crippen LogP contribution in [0.2, 0.25) is 0 Å². The van der Waals surface area contributed by atoms with Crippen LogP contribution in [0.5, 0.6) is 0 Å². The molecular weight excluding hydrogens is 190 g/mol. The molecule has 1 rings (SSSR count). The van der Waals surface area contributed by atoms with Gasteiger partial charge in [-0.15, -0.1) is 0 Å². The molecule has 0 saturated carbocycles. The molecule has 0 spiro atoms. The monoisotopic (exact) mass is 205 g/mol. The maximum absolute atomic E-state index is 11.7. The zero-order valence-electron chi connectivity index (χ0n) is 9.46. The van der Waals surface area contributed by atoms with Crippen molar-refractivity contribution < 1.29 is 0 Å². The zero-order valence-corrected chi connectivity index (χ0v) is 9.46. The van der Waals surface area contributed by atoms with Gasteiger partial charge in [0.15, 0.2) is 0 Å². The topological polar surface area (TPSA) is 71.8 Å². The van der Waals surface area contributed by atoms with Gasteiger partial charge in [-0.2, -0.15) is 5.26 Å². The Balaban J connectivity index is 3.71. The number of hydrogen-bond acceptors (Lipinski definition) is 3. The molecule has 0 aliphatic heterocycles. The molecule has 2 N–H and O–H groups in total. The van der Waals surface area contributed by atoms with Crippen LogP contribution in [0.1, 0.15) is 31.9 Å². The molecule has 0 aliphatic rings. The molecule has 4 nitrogen and oxygen atoms in total. The van der Waals surface area contributed by atoms with E-state index in [0.29, 0.717) is 11.4 Å². The Kier molecular flexibility index (Phi) is 2.59. The standard InChI is InChI=1S/C11H15N3O/c1-11(2,3)8-5-9(13)14(4)10(15)7(8)6-12/h5H,13H2,1-4H3. The maximum Gasteiger partial charge on any atom is 0.270 e. The first-order chi connectivity index (χ1) is 6.79. The summed E-state index contributed by atoms with van der Waals surface area (Å²) in [5.41, 5.74) is 5.99. The van der Waals surface area contributed by atoms with Gasteiger partial charge in [0.1, 0.15) is 17.5 Å². The molecular formula is C11H15N3O. The lowest BCUT2D eigenvalue weighted by atomic mass is 9.84. The molecule has 1 aromatic heterocycles. The number of rotatable bonds is 0. The molecule has 1 heterocycles. The van der Waals surface area contributed by atoms with Crippen molar-refractivity contribution in [3.8, 4) is 6.07 Å². The van der Waals surface area contributed by atoms with Crippen LogP contribution in [-0.4, -0.2) is 4.57 Å². The van der Waals surface area contributed by atoms with Crippen LogP contribution in [0.4, 0.5) is 5.82 Å². The van der Waals surface area contributed by atoms with E-state index in [-0.39, 0.29) is 16.5 Å². The van der Waals surface area contributed by atoms with Crippen LogP contribution >= 0.6 is 0 Å². The van der Waals surface area contributed by atoms with Gasteiger partial charge in [-0.1, -0.05) is 20.8 Å². The number of hydrogen-bond donors (Lipinski definition) is 1. The van der Waals surface area contributed by atoms with Crippen LogP contribution < -0.4 is 11.3 Å². The third-order valence-electron chi connectivity index (χ3n) is 2.39. The second kappa shape index (κ2) is 3.43. The minimum atomic E-state index is -0.331. The van der Waals surface area contributed by atoms with Crippen molar-refractivity contribution in [2.75, 3.05) is 5.73 Å². The highest BCUT2D eigenvalue weighted by Gasteiger charge is 2.21. The fourth-order valence-electron chi connectivity index (χ4n) is 1.42. The van der Waals surface area contributed by atoms with Crippen LogP contribution in [0.25, 0.3) is 0 Å². The summed E-state index contributed by atoms with van der Waals surface area (Å²) in [6.07, 6.45) is 0. The minimum absolute atomic E-state index is 0.180. The summed E-state index contributed by atoms with van der Waals surface area (Å²) in [5, 5.41) is 8.97. The number of nitrogen functional groups attached to an aromatic ring is 1. The van der Waals surface area contributed by atoms with E-state index in [1.165, 1.54) is 4.57 Å². The predicted molar refractivity (Wildman–Crippen MR) is 59.5 cm³/mol. The molecule has 0 fully saturated rings. The van der Waals surface area contributed by atoms with Crippen LogP contribution in [-0.2, 0) is 12.5 Å². The van der Waals surface area contributed by atoms with Crippen LogP contribution in [0, 0.1) is 11.3 Å². The largest absolute Gasteiger partial charge is 0.385 e. The summed E-state index contributed by atoms with van der Waals surface area (Å²) in [5.74, 6) is 0.379. The van der Waals surface area contributed by atoms with Gasteiger partial charge in [0.25, 0.3) is 5.56 Å². The van der Waals surface area contributed by atoms with Crippen LogP contribution in [0.3, 0.4) is 0 Å². The third-order valence-corrected chi connectivity index (χ3v) is 2.39. The summed E-state index contributed by atoms with van der Waals surface area (Å²) in [7, 11) is 1.56. The Labute approximate surface area is 88.9 Å². The summed E-state index contributed by atoms with van der Waals surface area (Å²) in [4.78, 5) is 11.7. The van der Waals surface area contributed by atoms with Crippen molar-refractivity contribution in [3.63, 3.8) is 0 Å². The van der Waals surface area contributed by atoms with Crippen molar-refractivity contribution in [2.45, 2.75) is 26.2 Å². The number of nitrogens with two attached hydrogens (primary N) is 1. The molecule has 0 saturated heterocycles. The highest BCUT2D eigenvalue weighted by molar-refractivity contribution is 5.47.